The zero-order valence-electron chi connectivity index (χ0n) is 7.77. The van der Waals surface area contributed by atoms with Gasteiger partial charge in [0.25, 0.3) is 0 Å². The molecule has 0 spiro atoms. The lowest BCUT2D eigenvalue weighted by Crippen LogP contribution is -2.41. The largest absolute Gasteiger partial charge is 0.351 e. The Labute approximate surface area is 72.9 Å². The number of nitrogens with one attached hydrogen (secondary N) is 2. The van der Waals surface area contributed by atoms with E-state index in [1.807, 2.05) is 20.8 Å². The smallest absolute Gasteiger partial charge is 0.222 e. The number of nitriles is 1. The van der Waals surface area contributed by atoms with Crippen molar-refractivity contribution in [2.75, 3.05) is 6.54 Å². The summed E-state index contributed by atoms with van der Waals surface area (Å²) in [7, 11) is 0. The quantitative estimate of drug-likeness (QED) is 0.364. The molecule has 4 heteroatoms. The van der Waals surface area contributed by atoms with Crippen LogP contribution in [0.15, 0.2) is 0 Å². The molecule has 0 atom stereocenters. The Morgan fingerprint density at radius 1 is 1.50 bits per heavy atom. The van der Waals surface area contributed by atoms with Crippen LogP contribution in [0, 0.1) is 11.5 Å². The number of nitrogens with zero attached hydrogens (tertiary/aromatic N) is 1. The van der Waals surface area contributed by atoms with E-state index in [2.05, 4.69) is 10.6 Å². The zero-order valence-corrected chi connectivity index (χ0v) is 7.77. The Kier molecular flexibility index (Phi) is 4.12. The van der Waals surface area contributed by atoms with E-state index < -0.39 is 0 Å². The molecule has 0 aliphatic heterocycles. The first-order chi connectivity index (χ1) is 5.45. The summed E-state index contributed by atoms with van der Waals surface area (Å²) in [6, 6.07) is 0. The van der Waals surface area contributed by atoms with Gasteiger partial charge in [0.05, 0.1) is 0 Å². The number of rotatable bonds is 3. The summed E-state index contributed by atoms with van der Waals surface area (Å²) >= 11 is 0. The molecule has 0 saturated heterocycles. The maximum absolute atomic E-state index is 11.1. The van der Waals surface area contributed by atoms with E-state index in [1.165, 1.54) is 0 Å². The molecule has 0 fully saturated rings. The fourth-order valence-corrected chi connectivity index (χ4v) is 0.713. The standard InChI is InChI=1S/C8H15N3O/c1-8(2,3)11-7(12)4-5-10-6-9/h10H,4-5H2,1-3H3,(H,11,12). The van der Waals surface area contributed by atoms with Crippen molar-refractivity contribution in [3.8, 4) is 6.19 Å². The maximum atomic E-state index is 11.1. The highest BCUT2D eigenvalue weighted by Gasteiger charge is 2.12. The van der Waals surface area contributed by atoms with E-state index in [0.717, 1.165) is 0 Å². The number of carbonyl (C=O) groups is 1. The summed E-state index contributed by atoms with van der Waals surface area (Å²) in [5.41, 5.74) is -0.191. The highest BCUT2D eigenvalue weighted by Crippen LogP contribution is 1.98. The molecule has 0 aromatic carbocycles. The second kappa shape index (κ2) is 4.60. The SMILES string of the molecule is CC(C)(C)NC(=O)CCNC#N. The first-order valence-electron chi connectivity index (χ1n) is 3.88. The predicted octanol–water partition coefficient (Wildman–Crippen LogP) is 0.362. The minimum absolute atomic E-state index is 0.0368. The van der Waals surface area contributed by atoms with Gasteiger partial charge < -0.3 is 10.6 Å². The van der Waals surface area contributed by atoms with E-state index in [0.29, 0.717) is 13.0 Å². The fourth-order valence-electron chi connectivity index (χ4n) is 0.713. The van der Waals surface area contributed by atoms with Gasteiger partial charge in [0.2, 0.25) is 5.91 Å². The van der Waals surface area contributed by atoms with Crippen LogP contribution in [-0.2, 0) is 4.79 Å². The van der Waals surface area contributed by atoms with Gasteiger partial charge in [0.15, 0.2) is 6.19 Å². The fraction of sp³-hybridized carbons (Fsp3) is 0.750. The minimum atomic E-state index is -0.191. The zero-order chi connectivity index (χ0) is 9.61. The summed E-state index contributed by atoms with van der Waals surface area (Å²) < 4.78 is 0. The van der Waals surface area contributed by atoms with Crippen LogP contribution in [0.3, 0.4) is 0 Å². The molecule has 0 unspecified atom stereocenters. The highest BCUT2D eigenvalue weighted by molar-refractivity contribution is 5.76. The molecule has 12 heavy (non-hydrogen) atoms. The van der Waals surface area contributed by atoms with Crippen molar-refractivity contribution >= 4 is 5.91 Å². The van der Waals surface area contributed by atoms with Crippen LogP contribution in [0.5, 0.6) is 0 Å². The first-order valence-corrected chi connectivity index (χ1v) is 3.88. The van der Waals surface area contributed by atoms with Crippen molar-refractivity contribution in [2.24, 2.45) is 0 Å². The summed E-state index contributed by atoms with van der Waals surface area (Å²) in [6.07, 6.45) is 2.09. The summed E-state index contributed by atoms with van der Waals surface area (Å²) in [6.45, 7) is 6.16. The Morgan fingerprint density at radius 3 is 2.50 bits per heavy atom. The van der Waals surface area contributed by atoms with Gasteiger partial charge in [-0.25, -0.2) is 0 Å². The lowest BCUT2D eigenvalue weighted by molar-refractivity contribution is -0.122. The third-order valence-electron chi connectivity index (χ3n) is 1.07. The van der Waals surface area contributed by atoms with Crippen LogP contribution >= 0.6 is 0 Å². The Morgan fingerprint density at radius 2 is 2.08 bits per heavy atom. The van der Waals surface area contributed by atoms with Crippen molar-refractivity contribution in [1.82, 2.24) is 10.6 Å². The third kappa shape index (κ3) is 6.87. The monoisotopic (exact) mass is 169 g/mol. The van der Waals surface area contributed by atoms with Crippen LogP contribution in [0.2, 0.25) is 0 Å². The molecule has 0 heterocycles. The second-order valence-electron chi connectivity index (χ2n) is 3.59. The van der Waals surface area contributed by atoms with Crippen molar-refractivity contribution < 1.29 is 4.79 Å². The molecule has 68 valence electrons. The average molecular weight is 169 g/mol. The summed E-state index contributed by atoms with van der Waals surface area (Å²) in [5.74, 6) is -0.0368. The number of amides is 1. The molecule has 0 aromatic rings. The lowest BCUT2D eigenvalue weighted by atomic mass is 10.1. The van der Waals surface area contributed by atoms with E-state index in [-0.39, 0.29) is 11.4 Å². The van der Waals surface area contributed by atoms with Crippen molar-refractivity contribution in [3.63, 3.8) is 0 Å². The number of hydrogen-bond acceptors (Lipinski definition) is 3. The number of carbonyl (C=O) groups excluding carboxylic acids is 1. The van der Waals surface area contributed by atoms with Gasteiger partial charge in [0.1, 0.15) is 0 Å². The Hall–Kier alpha value is -1.24. The van der Waals surface area contributed by atoms with Gasteiger partial charge in [0, 0.05) is 18.5 Å². The molecule has 0 bridgehead atoms. The molecule has 2 N–H and O–H groups in total. The van der Waals surface area contributed by atoms with Crippen LogP contribution in [0.1, 0.15) is 27.2 Å². The Bertz CT molecular complexity index is 187. The van der Waals surface area contributed by atoms with Gasteiger partial charge in [-0.15, -0.1) is 0 Å². The van der Waals surface area contributed by atoms with Gasteiger partial charge in [-0.3, -0.25) is 4.79 Å². The molecule has 0 rings (SSSR count). The van der Waals surface area contributed by atoms with E-state index in [9.17, 15) is 4.79 Å². The molecule has 0 radical (unpaired) electrons. The second-order valence-corrected chi connectivity index (χ2v) is 3.59. The van der Waals surface area contributed by atoms with Crippen molar-refractivity contribution in [1.29, 1.82) is 5.26 Å². The third-order valence-corrected chi connectivity index (χ3v) is 1.07. The normalized spacial score (nSPS) is 10.2. The van der Waals surface area contributed by atoms with Gasteiger partial charge in [-0.05, 0) is 20.8 Å². The summed E-state index contributed by atoms with van der Waals surface area (Å²) in [5, 5.41) is 13.3. The van der Waals surface area contributed by atoms with E-state index >= 15 is 0 Å². The van der Waals surface area contributed by atoms with Crippen LogP contribution in [0.25, 0.3) is 0 Å². The number of hydrogen-bond donors (Lipinski definition) is 2. The van der Waals surface area contributed by atoms with Gasteiger partial charge in [-0.1, -0.05) is 0 Å². The molecule has 4 nitrogen and oxygen atoms in total. The molecule has 0 saturated carbocycles. The van der Waals surface area contributed by atoms with Gasteiger partial charge >= 0.3 is 0 Å². The van der Waals surface area contributed by atoms with Crippen LogP contribution < -0.4 is 10.6 Å². The molecular formula is C8H15N3O. The topological polar surface area (TPSA) is 64.9 Å². The average Bonchev–Trinajstić information content (AvgIpc) is 1.84. The molecule has 0 aliphatic carbocycles. The van der Waals surface area contributed by atoms with E-state index in [4.69, 9.17) is 5.26 Å². The van der Waals surface area contributed by atoms with Crippen LogP contribution in [-0.4, -0.2) is 18.0 Å². The lowest BCUT2D eigenvalue weighted by Gasteiger charge is -2.20. The maximum Gasteiger partial charge on any atom is 0.222 e. The van der Waals surface area contributed by atoms with Gasteiger partial charge in [-0.2, -0.15) is 5.26 Å². The summed E-state index contributed by atoms with van der Waals surface area (Å²) in [4.78, 5) is 11.1. The highest BCUT2D eigenvalue weighted by atomic mass is 16.1. The Balaban J connectivity index is 3.56. The van der Waals surface area contributed by atoms with Crippen LogP contribution in [0.4, 0.5) is 0 Å². The molecule has 1 amide bonds. The molecular weight excluding hydrogens is 154 g/mol. The molecule has 0 aromatic heterocycles. The predicted molar refractivity (Wildman–Crippen MR) is 46.1 cm³/mol. The van der Waals surface area contributed by atoms with E-state index in [1.54, 1.807) is 6.19 Å². The van der Waals surface area contributed by atoms with Crippen molar-refractivity contribution in [2.45, 2.75) is 32.7 Å². The minimum Gasteiger partial charge on any atom is -0.351 e. The first kappa shape index (κ1) is 10.8. The van der Waals surface area contributed by atoms with Crippen molar-refractivity contribution in [3.05, 3.63) is 0 Å². The molecule has 0 aliphatic rings.